The van der Waals surface area contributed by atoms with E-state index >= 15 is 0 Å². The summed E-state index contributed by atoms with van der Waals surface area (Å²) in [7, 11) is 0. The van der Waals surface area contributed by atoms with Gasteiger partial charge in [0.15, 0.2) is 0 Å². The summed E-state index contributed by atoms with van der Waals surface area (Å²) in [5, 5.41) is 19.1. The van der Waals surface area contributed by atoms with Gasteiger partial charge < -0.3 is 5.32 Å². The molecule has 0 spiro atoms. The second kappa shape index (κ2) is 6.91. The lowest BCUT2D eigenvalue weighted by Gasteiger charge is -2.17. The van der Waals surface area contributed by atoms with Gasteiger partial charge in [0.25, 0.3) is 5.91 Å². The molecule has 1 heterocycles. The van der Waals surface area contributed by atoms with E-state index in [-0.39, 0.29) is 12.3 Å². The van der Waals surface area contributed by atoms with Crippen LogP contribution in [0, 0.1) is 11.3 Å². The molecule has 0 saturated heterocycles. The number of carbonyl (C=O) groups excluding carboxylic acids is 1. The molecular formula is C17H12Cl2N4O. The van der Waals surface area contributed by atoms with Crippen molar-refractivity contribution in [3.05, 3.63) is 58.6 Å². The van der Waals surface area contributed by atoms with Gasteiger partial charge in [-0.1, -0.05) is 23.2 Å². The predicted molar refractivity (Wildman–Crippen MR) is 95.5 cm³/mol. The second-order valence-corrected chi connectivity index (χ2v) is 6.05. The Morgan fingerprint density at radius 1 is 1.12 bits per heavy atom. The van der Waals surface area contributed by atoms with Crippen LogP contribution in [0.2, 0.25) is 10.0 Å². The zero-order chi connectivity index (χ0) is 17.1. The number of anilines is 2. The summed E-state index contributed by atoms with van der Waals surface area (Å²) < 4.78 is 0. The lowest BCUT2D eigenvalue weighted by molar-refractivity contribution is -0.110. The Balaban J connectivity index is 1.79. The smallest absolute Gasteiger partial charge is 0.271 e. The Hall–Kier alpha value is -2.55. The maximum Gasteiger partial charge on any atom is 0.271 e. The van der Waals surface area contributed by atoms with E-state index in [1.165, 1.54) is 5.01 Å². The predicted octanol–water partition coefficient (Wildman–Crippen LogP) is 4.09. The van der Waals surface area contributed by atoms with Gasteiger partial charge in [0.2, 0.25) is 0 Å². The van der Waals surface area contributed by atoms with Crippen LogP contribution in [0.25, 0.3) is 0 Å². The van der Waals surface area contributed by atoms with Gasteiger partial charge in [-0.2, -0.15) is 10.4 Å². The molecule has 24 heavy (non-hydrogen) atoms. The number of halogens is 2. The molecule has 1 amide bonds. The molecule has 1 N–H and O–H groups in total. The molecular weight excluding hydrogens is 347 g/mol. The van der Waals surface area contributed by atoms with Crippen molar-refractivity contribution < 1.29 is 4.79 Å². The molecule has 0 fully saturated rings. The fourth-order valence-corrected chi connectivity index (χ4v) is 2.57. The highest BCUT2D eigenvalue weighted by atomic mass is 35.5. The fourth-order valence-electron chi connectivity index (χ4n) is 2.32. The van der Waals surface area contributed by atoms with Gasteiger partial charge >= 0.3 is 0 Å². The average molecular weight is 359 g/mol. The summed E-state index contributed by atoms with van der Waals surface area (Å²) in [6, 6.07) is 15.4. The molecule has 2 aromatic rings. The molecule has 0 bridgehead atoms. The molecule has 1 aliphatic heterocycles. The Morgan fingerprint density at radius 2 is 1.71 bits per heavy atom. The highest BCUT2D eigenvalue weighted by Gasteiger charge is 2.31. The molecule has 0 aliphatic carbocycles. The minimum atomic E-state index is -0.530. The van der Waals surface area contributed by atoms with Crippen LogP contribution >= 0.6 is 23.2 Å². The number of hydrogen-bond donors (Lipinski definition) is 1. The zero-order valence-electron chi connectivity index (χ0n) is 12.4. The van der Waals surface area contributed by atoms with Crippen molar-refractivity contribution in [3.8, 4) is 6.07 Å². The number of amides is 1. The van der Waals surface area contributed by atoms with E-state index < -0.39 is 6.04 Å². The standard InChI is InChI=1S/C17H12Cl2N4O/c18-11-1-5-13(6-2-11)21-17(24)16-9-15(10-20)23(22-16)14-7-3-12(19)4-8-14/h1-8,15H,9H2,(H,21,24)/t15-/m1/s1. The van der Waals surface area contributed by atoms with Crippen LogP contribution in [0.1, 0.15) is 6.42 Å². The van der Waals surface area contributed by atoms with Gasteiger partial charge in [-0.15, -0.1) is 0 Å². The number of nitriles is 1. The third-order valence-corrected chi connectivity index (χ3v) is 4.02. The Labute approximate surface area is 149 Å². The van der Waals surface area contributed by atoms with E-state index in [1.54, 1.807) is 48.5 Å². The number of carbonyl (C=O) groups is 1. The van der Waals surface area contributed by atoms with E-state index in [1.807, 2.05) is 0 Å². The number of nitrogens with zero attached hydrogens (tertiary/aromatic N) is 3. The third-order valence-electron chi connectivity index (χ3n) is 3.51. The van der Waals surface area contributed by atoms with Crippen LogP contribution in [0.4, 0.5) is 11.4 Å². The van der Waals surface area contributed by atoms with Crippen LogP contribution in [0.15, 0.2) is 53.6 Å². The van der Waals surface area contributed by atoms with E-state index in [9.17, 15) is 10.1 Å². The molecule has 0 saturated carbocycles. The lowest BCUT2D eigenvalue weighted by atomic mass is 10.1. The largest absolute Gasteiger partial charge is 0.321 e. The highest BCUT2D eigenvalue weighted by molar-refractivity contribution is 6.44. The number of rotatable bonds is 3. The minimum absolute atomic E-state index is 0.249. The summed E-state index contributed by atoms with van der Waals surface area (Å²) in [4.78, 5) is 12.4. The lowest BCUT2D eigenvalue weighted by Crippen LogP contribution is -2.25. The van der Waals surface area contributed by atoms with Crippen molar-refractivity contribution in [1.82, 2.24) is 0 Å². The summed E-state index contributed by atoms with van der Waals surface area (Å²) >= 11 is 11.7. The molecule has 0 unspecified atom stereocenters. The summed E-state index contributed by atoms with van der Waals surface area (Å²) in [5.41, 5.74) is 1.62. The van der Waals surface area contributed by atoms with Gasteiger partial charge in [-0.3, -0.25) is 4.79 Å². The van der Waals surface area contributed by atoms with Crippen molar-refractivity contribution in [2.45, 2.75) is 12.5 Å². The van der Waals surface area contributed by atoms with E-state index in [0.717, 1.165) is 0 Å². The Kier molecular flexibility index (Phi) is 4.70. The molecule has 3 rings (SSSR count). The number of benzene rings is 2. The van der Waals surface area contributed by atoms with Gasteiger partial charge in [0, 0.05) is 22.2 Å². The molecule has 7 heteroatoms. The SMILES string of the molecule is N#C[C@H]1CC(C(=O)Nc2ccc(Cl)cc2)=NN1c1ccc(Cl)cc1. The van der Waals surface area contributed by atoms with Gasteiger partial charge in [-0.05, 0) is 48.5 Å². The van der Waals surface area contributed by atoms with Crippen LogP contribution in [-0.4, -0.2) is 17.7 Å². The molecule has 2 aromatic carbocycles. The van der Waals surface area contributed by atoms with E-state index in [4.69, 9.17) is 23.2 Å². The fraction of sp³-hybridized carbons (Fsp3) is 0.118. The second-order valence-electron chi connectivity index (χ2n) is 5.18. The monoisotopic (exact) mass is 358 g/mol. The van der Waals surface area contributed by atoms with Crippen molar-refractivity contribution in [2.24, 2.45) is 5.10 Å². The van der Waals surface area contributed by atoms with Gasteiger partial charge in [-0.25, -0.2) is 5.01 Å². The van der Waals surface area contributed by atoms with Crippen LogP contribution in [0.5, 0.6) is 0 Å². The molecule has 1 aliphatic rings. The molecule has 0 aromatic heterocycles. The molecule has 5 nitrogen and oxygen atoms in total. The van der Waals surface area contributed by atoms with Crippen LogP contribution in [-0.2, 0) is 4.79 Å². The first-order valence-electron chi connectivity index (χ1n) is 7.15. The zero-order valence-corrected chi connectivity index (χ0v) is 13.9. The van der Waals surface area contributed by atoms with Crippen LogP contribution < -0.4 is 10.3 Å². The third kappa shape index (κ3) is 3.51. The van der Waals surface area contributed by atoms with E-state index in [0.29, 0.717) is 27.1 Å². The summed E-state index contributed by atoms with van der Waals surface area (Å²) in [6.07, 6.45) is 0.249. The minimum Gasteiger partial charge on any atom is -0.321 e. The molecule has 0 radical (unpaired) electrons. The topological polar surface area (TPSA) is 68.5 Å². The van der Waals surface area contributed by atoms with Crippen molar-refractivity contribution in [2.75, 3.05) is 10.3 Å². The van der Waals surface area contributed by atoms with Crippen molar-refractivity contribution >= 4 is 46.2 Å². The number of nitrogens with one attached hydrogen (secondary N) is 1. The number of hydrazone groups is 1. The quantitative estimate of drug-likeness (QED) is 0.898. The average Bonchev–Trinajstić information content (AvgIpc) is 3.02. The Bertz CT molecular complexity index is 825. The normalized spacial score (nSPS) is 16.5. The van der Waals surface area contributed by atoms with Gasteiger partial charge in [0.05, 0.1) is 11.8 Å². The molecule has 120 valence electrons. The first-order chi connectivity index (χ1) is 11.6. The van der Waals surface area contributed by atoms with Gasteiger partial charge in [0.1, 0.15) is 11.8 Å². The Morgan fingerprint density at radius 3 is 2.29 bits per heavy atom. The summed E-state index contributed by atoms with van der Waals surface area (Å²) in [5.74, 6) is -0.339. The first-order valence-corrected chi connectivity index (χ1v) is 7.91. The molecule has 1 atom stereocenters. The van der Waals surface area contributed by atoms with Crippen LogP contribution in [0.3, 0.4) is 0 Å². The van der Waals surface area contributed by atoms with E-state index in [2.05, 4.69) is 16.5 Å². The maximum atomic E-state index is 12.4. The number of hydrogen-bond acceptors (Lipinski definition) is 4. The summed E-state index contributed by atoms with van der Waals surface area (Å²) in [6.45, 7) is 0. The highest BCUT2D eigenvalue weighted by Crippen LogP contribution is 2.26. The first kappa shape index (κ1) is 16.3. The van der Waals surface area contributed by atoms with Crippen molar-refractivity contribution in [1.29, 1.82) is 5.26 Å². The van der Waals surface area contributed by atoms with Crippen molar-refractivity contribution in [3.63, 3.8) is 0 Å². The maximum absolute atomic E-state index is 12.4.